The van der Waals surface area contributed by atoms with Crippen molar-refractivity contribution in [3.63, 3.8) is 0 Å². The second-order valence-corrected chi connectivity index (χ2v) is 3.82. The Bertz CT molecular complexity index is 267. The van der Waals surface area contributed by atoms with Crippen molar-refractivity contribution in [2.75, 3.05) is 18.0 Å². The molecule has 1 heteroatoms. The van der Waals surface area contributed by atoms with Gasteiger partial charge in [-0.1, -0.05) is 18.2 Å². The number of benzene rings is 1. The van der Waals surface area contributed by atoms with Gasteiger partial charge in [0.15, 0.2) is 0 Å². The lowest BCUT2D eigenvalue weighted by Crippen LogP contribution is -2.38. The van der Waals surface area contributed by atoms with Crippen molar-refractivity contribution < 1.29 is 0 Å². The normalized spacial score (nSPS) is 21.2. The Morgan fingerprint density at radius 1 is 1.08 bits per heavy atom. The van der Waals surface area contributed by atoms with Crippen molar-refractivity contribution in [1.29, 1.82) is 0 Å². The predicted molar refractivity (Wildman–Crippen MR) is 50.6 cm³/mol. The second-order valence-electron chi connectivity index (χ2n) is 3.82. The lowest BCUT2D eigenvalue weighted by Gasteiger charge is -2.42. The maximum Gasteiger partial charge on any atom is 0.0401 e. The van der Waals surface area contributed by atoms with Gasteiger partial charge in [-0.3, -0.25) is 0 Å². The maximum absolute atomic E-state index is 2.52. The predicted octanol–water partition coefficient (Wildman–Crippen LogP) is 2.38. The average Bonchev–Trinajstić information content (AvgIpc) is 2.20. The first-order valence-corrected chi connectivity index (χ1v) is 4.79. The molecule has 0 aromatic heterocycles. The highest BCUT2D eigenvalue weighted by Gasteiger charge is 2.29. The van der Waals surface area contributed by atoms with Crippen LogP contribution in [-0.4, -0.2) is 13.1 Å². The minimum Gasteiger partial charge on any atom is -0.371 e. The monoisotopic (exact) mass is 159 g/mol. The fraction of sp³-hybridized carbons (Fsp3) is 0.455. The number of nitrogens with zero attached hydrogens (tertiary/aromatic N) is 1. The van der Waals surface area contributed by atoms with Gasteiger partial charge in [-0.15, -0.1) is 0 Å². The van der Waals surface area contributed by atoms with Crippen LogP contribution in [0, 0.1) is 0 Å². The molecule has 0 amide bonds. The zero-order valence-corrected chi connectivity index (χ0v) is 7.16. The number of hydrogen-bond donors (Lipinski definition) is 0. The summed E-state index contributed by atoms with van der Waals surface area (Å²) in [6, 6.07) is 8.88. The molecule has 12 heavy (non-hydrogen) atoms. The summed E-state index contributed by atoms with van der Waals surface area (Å²) in [6.07, 6.45) is 2.74. The molecule has 0 N–H and O–H groups in total. The van der Waals surface area contributed by atoms with Crippen LogP contribution in [-0.2, 0) is 0 Å². The molecule has 1 nitrogen and oxygen atoms in total. The van der Waals surface area contributed by atoms with Gasteiger partial charge in [0, 0.05) is 18.8 Å². The summed E-state index contributed by atoms with van der Waals surface area (Å²) in [5.41, 5.74) is 3.09. The molecular weight excluding hydrogens is 146 g/mol. The van der Waals surface area contributed by atoms with Crippen LogP contribution in [0.5, 0.6) is 0 Å². The van der Waals surface area contributed by atoms with E-state index in [1.807, 2.05) is 0 Å². The molecule has 0 unspecified atom stereocenters. The highest BCUT2D eigenvalue weighted by Crippen LogP contribution is 2.41. The van der Waals surface area contributed by atoms with Crippen LogP contribution in [0.2, 0.25) is 0 Å². The third-order valence-corrected chi connectivity index (χ3v) is 3.21. The van der Waals surface area contributed by atoms with Crippen LogP contribution in [0.25, 0.3) is 0 Å². The SMILES string of the molecule is c1ccc2c(c1)C1CCN2CC1. The van der Waals surface area contributed by atoms with Crippen molar-refractivity contribution in [1.82, 2.24) is 0 Å². The molecule has 2 bridgehead atoms. The van der Waals surface area contributed by atoms with E-state index in [2.05, 4.69) is 29.2 Å². The second kappa shape index (κ2) is 2.25. The van der Waals surface area contributed by atoms with Crippen LogP contribution in [0.1, 0.15) is 24.3 Å². The molecule has 0 radical (unpaired) electrons. The van der Waals surface area contributed by atoms with Gasteiger partial charge in [-0.25, -0.2) is 0 Å². The van der Waals surface area contributed by atoms with Crippen LogP contribution in [0.3, 0.4) is 0 Å². The largest absolute Gasteiger partial charge is 0.371 e. The van der Waals surface area contributed by atoms with E-state index in [0.29, 0.717) is 0 Å². The van der Waals surface area contributed by atoms with Gasteiger partial charge in [-0.2, -0.15) is 0 Å². The van der Waals surface area contributed by atoms with E-state index in [1.54, 1.807) is 5.56 Å². The number of anilines is 1. The zero-order valence-electron chi connectivity index (χ0n) is 7.16. The van der Waals surface area contributed by atoms with Gasteiger partial charge in [0.05, 0.1) is 0 Å². The first-order chi connectivity index (χ1) is 5.95. The van der Waals surface area contributed by atoms with Crippen LogP contribution < -0.4 is 4.90 Å². The summed E-state index contributed by atoms with van der Waals surface area (Å²) in [5, 5.41) is 0. The van der Waals surface area contributed by atoms with Gasteiger partial charge in [0.1, 0.15) is 0 Å². The molecule has 1 aromatic carbocycles. The first-order valence-electron chi connectivity index (χ1n) is 4.79. The van der Waals surface area contributed by atoms with Gasteiger partial charge in [0.2, 0.25) is 0 Å². The Morgan fingerprint density at radius 2 is 1.83 bits per heavy atom. The molecule has 62 valence electrons. The highest BCUT2D eigenvalue weighted by molar-refractivity contribution is 5.59. The Labute approximate surface area is 73.0 Å². The molecule has 3 heterocycles. The summed E-state index contributed by atoms with van der Waals surface area (Å²) in [6.45, 7) is 2.56. The third-order valence-electron chi connectivity index (χ3n) is 3.21. The van der Waals surface area contributed by atoms with Crippen molar-refractivity contribution >= 4 is 5.69 Å². The van der Waals surface area contributed by atoms with E-state index in [1.165, 1.54) is 31.6 Å². The lowest BCUT2D eigenvalue weighted by molar-refractivity contribution is 0.475. The highest BCUT2D eigenvalue weighted by atomic mass is 15.1. The quantitative estimate of drug-likeness (QED) is 0.561. The lowest BCUT2D eigenvalue weighted by atomic mass is 9.83. The van der Waals surface area contributed by atoms with E-state index in [-0.39, 0.29) is 0 Å². The molecule has 4 rings (SSSR count). The molecule has 0 spiro atoms. The summed E-state index contributed by atoms with van der Waals surface area (Å²) < 4.78 is 0. The summed E-state index contributed by atoms with van der Waals surface area (Å²) >= 11 is 0. The Hall–Kier alpha value is -0.980. The fourth-order valence-corrected chi connectivity index (χ4v) is 2.55. The summed E-state index contributed by atoms with van der Waals surface area (Å²) in [4.78, 5) is 2.52. The topological polar surface area (TPSA) is 3.24 Å². The van der Waals surface area contributed by atoms with Crippen LogP contribution in [0.4, 0.5) is 5.69 Å². The molecule has 1 fully saturated rings. The standard InChI is InChI=1S/C11H13N/c1-2-4-11-10(3-1)9-5-7-12(11)8-6-9/h1-4,9H,5-8H2. The molecular formula is C11H13N. The Morgan fingerprint density at radius 3 is 2.58 bits per heavy atom. The average molecular weight is 159 g/mol. The van der Waals surface area contributed by atoms with E-state index in [4.69, 9.17) is 0 Å². The zero-order chi connectivity index (χ0) is 7.97. The molecule has 3 aliphatic heterocycles. The molecule has 1 aromatic rings. The fourth-order valence-electron chi connectivity index (χ4n) is 2.55. The van der Waals surface area contributed by atoms with Crippen LogP contribution in [0.15, 0.2) is 24.3 Å². The number of rotatable bonds is 0. The van der Waals surface area contributed by atoms with Crippen LogP contribution >= 0.6 is 0 Å². The van der Waals surface area contributed by atoms with Gasteiger partial charge in [0.25, 0.3) is 0 Å². The smallest absolute Gasteiger partial charge is 0.0401 e. The Balaban J connectivity index is 2.19. The van der Waals surface area contributed by atoms with E-state index >= 15 is 0 Å². The Kier molecular flexibility index (Phi) is 1.23. The summed E-state index contributed by atoms with van der Waals surface area (Å²) in [5.74, 6) is 0.867. The van der Waals surface area contributed by atoms with Crippen molar-refractivity contribution in [2.24, 2.45) is 0 Å². The van der Waals surface area contributed by atoms with Crippen molar-refractivity contribution in [3.05, 3.63) is 29.8 Å². The van der Waals surface area contributed by atoms with Gasteiger partial charge >= 0.3 is 0 Å². The van der Waals surface area contributed by atoms with E-state index < -0.39 is 0 Å². The summed E-state index contributed by atoms with van der Waals surface area (Å²) in [7, 11) is 0. The van der Waals surface area contributed by atoms with Gasteiger partial charge < -0.3 is 4.90 Å². The number of piperidine rings is 1. The van der Waals surface area contributed by atoms with E-state index in [9.17, 15) is 0 Å². The molecule has 3 aliphatic rings. The van der Waals surface area contributed by atoms with Crippen molar-refractivity contribution in [2.45, 2.75) is 18.8 Å². The number of hydrogen-bond acceptors (Lipinski definition) is 1. The molecule has 0 aliphatic carbocycles. The first kappa shape index (κ1) is 6.53. The molecule has 0 atom stereocenters. The minimum absolute atomic E-state index is 0.867. The maximum atomic E-state index is 2.52. The number of para-hydroxylation sites is 1. The van der Waals surface area contributed by atoms with Gasteiger partial charge in [-0.05, 0) is 30.4 Å². The third kappa shape index (κ3) is 0.739. The minimum atomic E-state index is 0.867. The molecule has 0 saturated carbocycles. The van der Waals surface area contributed by atoms with Crippen molar-refractivity contribution in [3.8, 4) is 0 Å². The molecule has 1 saturated heterocycles. The number of fused-ring (bicyclic) bond motifs is 2. The van der Waals surface area contributed by atoms with E-state index in [0.717, 1.165) is 5.92 Å².